The van der Waals surface area contributed by atoms with Gasteiger partial charge in [-0.2, -0.15) is 0 Å². The van der Waals surface area contributed by atoms with Gasteiger partial charge in [-0.05, 0) is 65.2 Å². The number of rotatable bonds is 5. The molecule has 17 heavy (non-hydrogen) atoms. The third kappa shape index (κ3) is 2.93. The van der Waals surface area contributed by atoms with E-state index in [0.29, 0.717) is 5.41 Å². The molecule has 1 fully saturated rings. The monoisotopic (exact) mass is 298 g/mol. The summed E-state index contributed by atoms with van der Waals surface area (Å²) in [5, 5.41) is 12.5. The van der Waals surface area contributed by atoms with Crippen molar-refractivity contribution in [1.82, 2.24) is 0 Å². The minimum atomic E-state index is 0.281. The summed E-state index contributed by atoms with van der Waals surface area (Å²) in [6, 6.07) is 4.00. The van der Waals surface area contributed by atoms with Gasteiger partial charge >= 0.3 is 0 Å². The quantitative estimate of drug-likeness (QED) is 0.733. The van der Waals surface area contributed by atoms with Crippen molar-refractivity contribution >= 4 is 27.3 Å². The maximum absolute atomic E-state index is 9.02. The first kappa shape index (κ1) is 12.7. The third-order valence-electron chi connectivity index (χ3n) is 3.61. The zero-order chi connectivity index (χ0) is 12.5. The van der Waals surface area contributed by atoms with Crippen molar-refractivity contribution in [2.45, 2.75) is 26.2 Å². The first-order chi connectivity index (χ1) is 8.06. The van der Waals surface area contributed by atoms with Gasteiger partial charge in [0, 0.05) is 29.0 Å². The van der Waals surface area contributed by atoms with Gasteiger partial charge in [0.05, 0.1) is 0 Å². The molecule has 0 radical (unpaired) electrons. The van der Waals surface area contributed by atoms with Gasteiger partial charge < -0.3 is 16.2 Å². The van der Waals surface area contributed by atoms with Crippen LogP contribution in [0.5, 0.6) is 0 Å². The van der Waals surface area contributed by atoms with E-state index >= 15 is 0 Å². The summed E-state index contributed by atoms with van der Waals surface area (Å²) >= 11 is 3.52. The van der Waals surface area contributed by atoms with Gasteiger partial charge in [-0.25, -0.2) is 0 Å². The molecule has 1 aliphatic carbocycles. The summed E-state index contributed by atoms with van der Waals surface area (Å²) in [5.41, 5.74) is 9.14. The first-order valence-corrected chi connectivity index (χ1v) is 6.76. The molecule has 0 aliphatic heterocycles. The average Bonchev–Trinajstić information content (AvgIpc) is 3.03. The molecule has 2 rings (SSSR count). The predicted octanol–water partition coefficient (Wildman–Crippen LogP) is 2.91. The predicted molar refractivity (Wildman–Crippen MR) is 75.2 cm³/mol. The molecule has 4 heteroatoms. The van der Waals surface area contributed by atoms with Crippen LogP contribution in [-0.2, 0) is 0 Å². The number of halogens is 1. The zero-order valence-corrected chi connectivity index (χ0v) is 11.7. The van der Waals surface area contributed by atoms with E-state index < -0.39 is 0 Å². The van der Waals surface area contributed by atoms with Crippen molar-refractivity contribution in [3.8, 4) is 0 Å². The average molecular weight is 299 g/mol. The van der Waals surface area contributed by atoms with Gasteiger partial charge in [0.2, 0.25) is 0 Å². The maximum atomic E-state index is 9.02. The molecule has 1 aliphatic rings. The summed E-state index contributed by atoms with van der Waals surface area (Å²) in [6.07, 6.45) is 3.32. The minimum absolute atomic E-state index is 0.281. The lowest BCUT2D eigenvalue weighted by Crippen LogP contribution is -2.17. The van der Waals surface area contributed by atoms with Crippen LogP contribution >= 0.6 is 15.9 Å². The Bertz CT molecular complexity index is 416. The Hall–Kier alpha value is -0.740. The lowest BCUT2D eigenvalue weighted by molar-refractivity contribution is 0.253. The smallest absolute Gasteiger partial charge is 0.0489 e. The highest BCUT2D eigenvalue weighted by molar-refractivity contribution is 9.10. The fraction of sp³-hybridized carbons (Fsp3) is 0.538. The topological polar surface area (TPSA) is 58.3 Å². The Kier molecular flexibility index (Phi) is 3.64. The van der Waals surface area contributed by atoms with Gasteiger partial charge in [0.25, 0.3) is 0 Å². The number of aryl methyl sites for hydroxylation is 1. The zero-order valence-electron chi connectivity index (χ0n) is 10.1. The molecule has 3 nitrogen and oxygen atoms in total. The van der Waals surface area contributed by atoms with E-state index in [4.69, 9.17) is 10.8 Å². The largest absolute Gasteiger partial charge is 0.398 e. The highest BCUT2D eigenvalue weighted by Gasteiger charge is 2.41. The molecular weight excluding hydrogens is 280 g/mol. The Morgan fingerprint density at radius 2 is 2.18 bits per heavy atom. The number of hydrogen-bond donors (Lipinski definition) is 3. The Balaban J connectivity index is 2.02. The van der Waals surface area contributed by atoms with Crippen LogP contribution in [0.2, 0.25) is 0 Å². The fourth-order valence-corrected chi connectivity index (χ4v) is 2.55. The molecule has 0 bridgehead atoms. The number of nitrogen functional groups attached to an aromatic ring is 1. The van der Waals surface area contributed by atoms with Crippen LogP contribution in [0.3, 0.4) is 0 Å². The number of aliphatic hydroxyl groups is 1. The van der Waals surface area contributed by atoms with Crippen LogP contribution in [0.1, 0.15) is 24.8 Å². The van der Waals surface area contributed by atoms with Crippen molar-refractivity contribution < 1.29 is 5.11 Å². The van der Waals surface area contributed by atoms with Gasteiger partial charge in [0.1, 0.15) is 0 Å². The molecule has 1 aromatic carbocycles. The van der Waals surface area contributed by atoms with Gasteiger partial charge in [-0.3, -0.25) is 0 Å². The number of nitrogens with one attached hydrogen (secondary N) is 1. The Labute approximate surface area is 111 Å². The summed E-state index contributed by atoms with van der Waals surface area (Å²) in [4.78, 5) is 0. The van der Waals surface area contributed by atoms with Crippen molar-refractivity contribution in [1.29, 1.82) is 0 Å². The Morgan fingerprint density at radius 3 is 2.76 bits per heavy atom. The summed E-state index contributed by atoms with van der Waals surface area (Å²) in [7, 11) is 0. The lowest BCUT2D eigenvalue weighted by atomic mass is 10.0. The highest BCUT2D eigenvalue weighted by Crippen LogP contribution is 2.48. The van der Waals surface area contributed by atoms with E-state index in [-0.39, 0.29) is 6.61 Å². The minimum Gasteiger partial charge on any atom is -0.398 e. The number of hydrogen-bond acceptors (Lipinski definition) is 3. The van der Waals surface area contributed by atoms with Crippen LogP contribution in [-0.4, -0.2) is 18.3 Å². The molecule has 0 heterocycles. The van der Waals surface area contributed by atoms with Gasteiger partial charge in [-0.1, -0.05) is 0 Å². The second kappa shape index (κ2) is 4.86. The van der Waals surface area contributed by atoms with E-state index in [0.717, 1.165) is 34.4 Å². The standard InChI is InChI=1S/C13H19BrN2O/c1-9-6-12(10(14)7-11(9)15)16-8-13(2-3-13)4-5-17/h6-7,16-17H,2-5,8,15H2,1H3. The van der Waals surface area contributed by atoms with E-state index in [1.54, 1.807) is 0 Å². The molecule has 1 saturated carbocycles. The summed E-state index contributed by atoms with van der Waals surface area (Å²) in [5.74, 6) is 0. The van der Waals surface area contributed by atoms with Crippen LogP contribution in [0.4, 0.5) is 11.4 Å². The molecule has 94 valence electrons. The van der Waals surface area contributed by atoms with E-state index in [2.05, 4.69) is 27.3 Å². The van der Waals surface area contributed by atoms with Crippen molar-refractivity contribution in [3.63, 3.8) is 0 Å². The van der Waals surface area contributed by atoms with E-state index in [1.807, 2.05) is 13.0 Å². The van der Waals surface area contributed by atoms with E-state index in [1.165, 1.54) is 12.8 Å². The molecule has 0 saturated heterocycles. The number of anilines is 2. The fourth-order valence-electron chi connectivity index (χ4n) is 2.04. The van der Waals surface area contributed by atoms with Crippen molar-refractivity contribution in [2.24, 2.45) is 5.41 Å². The molecule has 0 amide bonds. The normalized spacial score (nSPS) is 16.9. The molecule has 1 aromatic rings. The third-order valence-corrected chi connectivity index (χ3v) is 4.26. The van der Waals surface area contributed by atoms with Crippen LogP contribution in [0.15, 0.2) is 16.6 Å². The summed E-state index contributed by atoms with van der Waals surface area (Å²) in [6.45, 7) is 3.21. The number of nitrogens with two attached hydrogens (primary N) is 1. The second-order valence-corrected chi connectivity index (χ2v) is 5.87. The van der Waals surface area contributed by atoms with Crippen LogP contribution in [0.25, 0.3) is 0 Å². The highest BCUT2D eigenvalue weighted by atomic mass is 79.9. The van der Waals surface area contributed by atoms with Crippen LogP contribution in [0, 0.1) is 12.3 Å². The van der Waals surface area contributed by atoms with E-state index in [9.17, 15) is 0 Å². The number of benzene rings is 1. The molecule has 0 aromatic heterocycles. The molecule has 4 N–H and O–H groups in total. The Morgan fingerprint density at radius 1 is 1.47 bits per heavy atom. The molecule has 0 atom stereocenters. The van der Waals surface area contributed by atoms with Gasteiger partial charge in [0.15, 0.2) is 0 Å². The molecule has 0 unspecified atom stereocenters. The summed E-state index contributed by atoms with van der Waals surface area (Å²) < 4.78 is 1.00. The molecule has 0 spiro atoms. The van der Waals surface area contributed by atoms with Gasteiger partial charge in [-0.15, -0.1) is 0 Å². The molecular formula is C13H19BrN2O. The first-order valence-electron chi connectivity index (χ1n) is 5.97. The number of aliphatic hydroxyl groups excluding tert-OH is 1. The SMILES string of the molecule is Cc1cc(NCC2(CCO)CC2)c(Br)cc1N. The van der Waals surface area contributed by atoms with Crippen molar-refractivity contribution in [3.05, 3.63) is 22.2 Å². The van der Waals surface area contributed by atoms with Crippen molar-refractivity contribution in [2.75, 3.05) is 24.2 Å². The lowest BCUT2D eigenvalue weighted by Gasteiger charge is -2.17. The van der Waals surface area contributed by atoms with Crippen LogP contribution < -0.4 is 11.1 Å². The second-order valence-electron chi connectivity index (χ2n) is 5.02. The maximum Gasteiger partial charge on any atom is 0.0489 e.